The van der Waals surface area contributed by atoms with Crippen molar-refractivity contribution in [3.8, 4) is 6.07 Å². The molecule has 0 radical (unpaired) electrons. The van der Waals surface area contributed by atoms with Crippen molar-refractivity contribution in [3.05, 3.63) is 52.7 Å². The summed E-state index contributed by atoms with van der Waals surface area (Å²) in [5.74, 6) is 0.0907. The van der Waals surface area contributed by atoms with Crippen LogP contribution in [0.1, 0.15) is 24.1 Å². The molecular formula is C17H18N2OS. The van der Waals surface area contributed by atoms with Gasteiger partial charge >= 0.3 is 0 Å². The number of rotatable bonds is 7. The third-order valence-corrected chi connectivity index (χ3v) is 4.15. The number of hydrogen-bond donors (Lipinski definition) is 0. The Bertz CT molecular complexity index is 587. The van der Waals surface area contributed by atoms with E-state index in [1.54, 1.807) is 16.2 Å². The minimum absolute atomic E-state index is 0.0907. The molecule has 0 atom stereocenters. The summed E-state index contributed by atoms with van der Waals surface area (Å²) in [5, 5.41) is 10.8. The molecule has 4 heteroatoms. The van der Waals surface area contributed by atoms with Crippen LogP contribution in [0.5, 0.6) is 0 Å². The molecule has 0 fully saturated rings. The van der Waals surface area contributed by atoms with E-state index in [1.165, 1.54) is 4.88 Å². The van der Waals surface area contributed by atoms with Crippen molar-refractivity contribution in [2.24, 2.45) is 0 Å². The molecule has 1 aromatic heterocycles. The molecule has 0 aliphatic rings. The van der Waals surface area contributed by atoms with Crippen LogP contribution in [0.25, 0.3) is 0 Å². The highest BCUT2D eigenvalue weighted by Gasteiger charge is 2.14. The molecule has 0 unspecified atom stereocenters. The van der Waals surface area contributed by atoms with Crippen molar-refractivity contribution >= 4 is 22.9 Å². The summed E-state index contributed by atoms with van der Waals surface area (Å²) in [5.41, 5.74) is 0.869. The SMILES string of the molecule is N#CCCN(C(=O)CCCc1cccs1)c1ccccc1. The van der Waals surface area contributed by atoms with Crippen molar-refractivity contribution in [2.75, 3.05) is 11.4 Å². The van der Waals surface area contributed by atoms with Crippen molar-refractivity contribution in [3.63, 3.8) is 0 Å². The van der Waals surface area contributed by atoms with Gasteiger partial charge in [-0.3, -0.25) is 4.79 Å². The summed E-state index contributed by atoms with van der Waals surface area (Å²) in [6, 6.07) is 15.8. The van der Waals surface area contributed by atoms with Gasteiger partial charge in [0.1, 0.15) is 0 Å². The molecule has 0 saturated heterocycles. The van der Waals surface area contributed by atoms with Gasteiger partial charge in [0.25, 0.3) is 0 Å². The summed E-state index contributed by atoms with van der Waals surface area (Å²) >= 11 is 1.73. The molecule has 0 aliphatic carbocycles. The molecule has 3 nitrogen and oxygen atoms in total. The van der Waals surface area contributed by atoms with Crippen LogP contribution in [0.15, 0.2) is 47.8 Å². The zero-order valence-electron chi connectivity index (χ0n) is 11.9. The minimum Gasteiger partial charge on any atom is -0.311 e. The maximum atomic E-state index is 12.4. The molecule has 1 amide bonds. The van der Waals surface area contributed by atoms with E-state index in [2.05, 4.69) is 17.5 Å². The zero-order valence-corrected chi connectivity index (χ0v) is 12.7. The van der Waals surface area contributed by atoms with Gasteiger partial charge in [-0.1, -0.05) is 24.3 Å². The second-order valence-corrected chi connectivity index (χ2v) is 5.75. The lowest BCUT2D eigenvalue weighted by atomic mass is 10.2. The Labute approximate surface area is 129 Å². The highest BCUT2D eigenvalue weighted by Crippen LogP contribution is 2.17. The number of hydrogen-bond acceptors (Lipinski definition) is 3. The molecule has 1 aromatic carbocycles. The number of aryl methyl sites for hydroxylation is 1. The second kappa shape index (κ2) is 8.23. The molecule has 0 spiro atoms. The Balaban J connectivity index is 1.93. The molecule has 108 valence electrons. The smallest absolute Gasteiger partial charge is 0.227 e. The fraction of sp³-hybridized carbons (Fsp3) is 0.294. The number of benzene rings is 1. The van der Waals surface area contributed by atoms with Gasteiger partial charge in [0.2, 0.25) is 5.91 Å². The summed E-state index contributed by atoms with van der Waals surface area (Å²) in [4.78, 5) is 15.4. The van der Waals surface area contributed by atoms with Crippen LogP contribution in [0.3, 0.4) is 0 Å². The van der Waals surface area contributed by atoms with Crippen molar-refractivity contribution in [1.29, 1.82) is 5.26 Å². The fourth-order valence-corrected chi connectivity index (χ4v) is 2.92. The monoisotopic (exact) mass is 298 g/mol. The summed E-state index contributed by atoms with van der Waals surface area (Å²) in [6.07, 6.45) is 2.64. The van der Waals surface area contributed by atoms with Gasteiger partial charge in [-0.15, -0.1) is 11.3 Å². The highest BCUT2D eigenvalue weighted by atomic mass is 32.1. The maximum Gasteiger partial charge on any atom is 0.227 e. The molecule has 21 heavy (non-hydrogen) atoms. The summed E-state index contributed by atoms with van der Waals surface area (Å²) in [6.45, 7) is 0.457. The lowest BCUT2D eigenvalue weighted by Gasteiger charge is -2.21. The number of amides is 1. The first kappa shape index (κ1) is 15.3. The normalized spacial score (nSPS) is 10.0. The molecular weight excluding hydrogens is 280 g/mol. The maximum absolute atomic E-state index is 12.4. The van der Waals surface area contributed by atoms with E-state index in [1.807, 2.05) is 36.4 Å². The van der Waals surface area contributed by atoms with Gasteiger partial charge < -0.3 is 4.90 Å². The van der Waals surface area contributed by atoms with Gasteiger partial charge in [0, 0.05) is 23.5 Å². The molecule has 0 bridgehead atoms. The number of thiophene rings is 1. The first-order valence-corrected chi connectivity index (χ1v) is 7.94. The van der Waals surface area contributed by atoms with E-state index in [4.69, 9.17) is 5.26 Å². The Morgan fingerprint density at radius 1 is 1.19 bits per heavy atom. The van der Waals surface area contributed by atoms with Crippen LogP contribution >= 0.6 is 11.3 Å². The largest absolute Gasteiger partial charge is 0.311 e. The zero-order chi connectivity index (χ0) is 14.9. The molecule has 0 saturated carbocycles. The molecule has 0 aliphatic heterocycles. The first-order valence-electron chi connectivity index (χ1n) is 7.06. The van der Waals surface area contributed by atoms with E-state index in [0.717, 1.165) is 18.5 Å². The number of carbonyl (C=O) groups excluding carboxylic acids is 1. The topological polar surface area (TPSA) is 44.1 Å². The van der Waals surface area contributed by atoms with E-state index in [-0.39, 0.29) is 5.91 Å². The third kappa shape index (κ3) is 4.73. The average Bonchev–Trinajstić information content (AvgIpc) is 3.02. The van der Waals surface area contributed by atoms with Gasteiger partial charge in [-0.25, -0.2) is 0 Å². The van der Waals surface area contributed by atoms with Crippen LogP contribution in [0.2, 0.25) is 0 Å². The predicted molar refractivity (Wildman–Crippen MR) is 86.3 cm³/mol. The van der Waals surface area contributed by atoms with Gasteiger partial charge in [0.05, 0.1) is 12.5 Å². The summed E-state index contributed by atoms with van der Waals surface area (Å²) in [7, 11) is 0. The Hall–Kier alpha value is -2.12. The number of para-hydroxylation sites is 1. The molecule has 0 N–H and O–H groups in total. The lowest BCUT2D eigenvalue weighted by molar-refractivity contribution is -0.118. The Morgan fingerprint density at radius 3 is 2.67 bits per heavy atom. The van der Waals surface area contributed by atoms with Crippen LogP contribution in [0, 0.1) is 11.3 Å². The van der Waals surface area contributed by atoms with E-state index >= 15 is 0 Å². The quantitative estimate of drug-likeness (QED) is 0.775. The van der Waals surface area contributed by atoms with E-state index in [0.29, 0.717) is 19.4 Å². The van der Waals surface area contributed by atoms with E-state index in [9.17, 15) is 4.79 Å². The lowest BCUT2D eigenvalue weighted by Crippen LogP contribution is -2.31. The van der Waals surface area contributed by atoms with Crippen LogP contribution < -0.4 is 4.90 Å². The third-order valence-electron chi connectivity index (χ3n) is 3.21. The predicted octanol–water partition coefficient (Wildman–Crippen LogP) is 4.02. The second-order valence-electron chi connectivity index (χ2n) is 4.72. The van der Waals surface area contributed by atoms with Gasteiger partial charge in [-0.05, 0) is 36.4 Å². The Kier molecular flexibility index (Phi) is 5.99. The molecule has 2 aromatic rings. The number of anilines is 1. The number of carbonyl (C=O) groups is 1. The minimum atomic E-state index is 0.0907. The van der Waals surface area contributed by atoms with E-state index < -0.39 is 0 Å². The van der Waals surface area contributed by atoms with Crippen molar-refractivity contribution in [1.82, 2.24) is 0 Å². The van der Waals surface area contributed by atoms with Gasteiger partial charge in [-0.2, -0.15) is 5.26 Å². The van der Waals surface area contributed by atoms with Crippen LogP contribution in [-0.2, 0) is 11.2 Å². The van der Waals surface area contributed by atoms with Crippen LogP contribution in [0.4, 0.5) is 5.69 Å². The summed E-state index contributed by atoms with van der Waals surface area (Å²) < 4.78 is 0. The molecule has 2 rings (SSSR count). The Morgan fingerprint density at radius 2 is 2.00 bits per heavy atom. The van der Waals surface area contributed by atoms with Gasteiger partial charge in [0.15, 0.2) is 0 Å². The highest BCUT2D eigenvalue weighted by molar-refractivity contribution is 7.09. The standard InChI is InChI=1S/C17H18N2OS/c18-12-6-13-19(15-7-2-1-3-8-15)17(20)11-4-9-16-10-5-14-21-16/h1-3,5,7-8,10,14H,4,6,9,11,13H2. The van der Waals surface area contributed by atoms with Crippen molar-refractivity contribution in [2.45, 2.75) is 25.7 Å². The van der Waals surface area contributed by atoms with Crippen molar-refractivity contribution < 1.29 is 4.79 Å². The first-order chi connectivity index (χ1) is 10.3. The number of nitrogens with zero attached hydrogens (tertiary/aromatic N) is 2. The average molecular weight is 298 g/mol. The van der Waals surface area contributed by atoms with Crippen LogP contribution in [-0.4, -0.2) is 12.5 Å². The molecule has 1 heterocycles. The number of nitriles is 1. The fourth-order valence-electron chi connectivity index (χ4n) is 2.17.